The minimum Gasteiger partial charge on any atom is -0.312 e. The maximum atomic E-state index is 12.8. The summed E-state index contributed by atoms with van der Waals surface area (Å²) in [4.78, 5) is 27.4. The molecule has 0 spiro atoms. The second-order valence-corrected chi connectivity index (χ2v) is 8.05. The van der Waals surface area contributed by atoms with E-state index in [9.17, 15) is 9.59 Å². The third-order valence-electron chi connectivity index (χ3n) is 4.80. The molecular weight excluding hydrogens is 330 g/mol. The molecule has 130 valence electrons. The number of ketones is 1. The molecule has 1 aliphatic heterocycles. The van der Waals surface area contributed by atoms with Gasteiger partial charge in [-0.3, -0.25) is 9.59 Å². The number of nitrogens with zero attached hydrogens (tertiary/aromatic N) is 1. The van der Waals surface area contributed by atoms with E-state index in [1.54, 1.807) is 23.6 Å². The Kier molecular flexibility index (Phi) is 5.00. The van der Waals surface area contributed by atoms with Crippen molar-refractivity contribution in [2.45, 2.75) is 44.3 Å². The van der Waals surface area contributed by atoms with Crippen molar-refractivity contribution in [3.63, 3.8) is 0 Å². The van der Waals surface area contributed by atoms with E-state index in [1.165, 1.54) is 11.1 Å². The Bertz CT molecular complexity index is 844. The number of benzene rings is 2. The summed E-state index contributed by atoms with van der Waals surface area (Å²) in [6.45, 7) is 8.42. The SMILES string of the molecule is CC(=O)N1CCc2cc(C(=O)[C@H](C)Sc3ccc(C)c(C)c3)ccc21. The summed E-state index contributed by atoms with van der Waals surface area (Å²) >= 11 is 1.59. The molecule has 0 N–H and O–H groups in total. The van der Waals surface area contributed by atoms with Crippen molar-refractivity contribution >= 4 is 29.1 Å². The van der Waals surface area contributed by atoms with Crippen LogP contribution in [0.2, 0.25) is 0 Å². The van der Waals surface area contributed by atoms with Crippen LogP contribution in [0, 0.1) is 13.8 Å². The lowest BCUT2D eigenvalue weighted by molar-refractivity contribution is -0.116. The summed E-state index contributed by atoms with van der Waals surface area (Å²) in [5.41, 5.74) is 5.26. The topological polar surface area (TPSA) is 37.4 Å². The molecule has 1 heterocycles. The number of hydrogen-bond acceptors (Lipinski definition) is 3. The van der Waals surface area contributed by atoms with Gasteiger partial charge in [0.05, 0.1) is 5.25 Å². The largest absolute Gasteiger partial charge is 0.312 e. The van der Waals surface area contributed by atoms with Crippen LogP contribution in [0.25, 0.3) is 0 Å². The minimum atomic E-state index is -0.148. The number of Topliss-reactive ketones (excluding diaryl/α,β-unsaturated/α-hetero) is 1. The molecule has 3 nitrogen and oxygen atoms in total. The van der Waals surface area contributed by atoms with E-state index >= 15 is 0 Å². The van der Waals surface area contributed by atoms with Crippen molar-refractivity contribution in [2.75, 3.05) is 11.4 Å². The maximum Gasteiger partial charge on any atom is 0.223 e. The van der Waals surface area contributed by atoms with Crippen molar-refractivity contribution in [1.29, 1.82) is 0 Å². The predicted molar refractivity (Wildman–Crippen MR) is 104 cm³/mol. The number of amides is 1. The van der Waals surface area contributed by atoms with Crippen LogP contribution in [-0.2, 0) is 11.2 Å². The number of carbonyl (C=O) groups excluding carboxylic acids is 2. The highest BCUT2D eigenvalue weighted by molar-refractivity contribution is 8.00. The first-order chi connectivity index (χ1) is 11.9. The first kappa shape index (κ1) is 17.7. The van der Waals surface area contributed by atoms with Crippen LogP contribution in [0.3, 0.4) is 0 Å². The predicted octanol–water partition coefficient (Wildman–Crippen LogP) is 4.58. The van der Waals surface area contributed by atoms with Gasteiger partial charge in [0.25, 0.3) is 0 Å². The van der Waals surface area contributed by atoms with Crippen LogP contribution >= 0.6 is 11.8 Å². The van der Waals surface area contributed by atoms with Gasteiger partial charge >= 0.3 is 0 Å². The zero-order chi connectivity index (χ0) is 18.1. The lowest BCUT2D eigenvalue weighted by Gasteiger charge is -2.15. The quantitative estimate of drug-likeness (QED) is 0.596. The Morgan fingerprint density at radius 2 is 1.84 bits per heavy atom. The number of aryl methyl sites for hydroxylation is 2. The highest BCUT2D eigenvalue weighted by atomic mass is 32.2. The fraction of sp³-hybridized carbons (Fsp3) is 0.333. The van der Waals surface area contributed by atoms with Crippen molar-refractivity contribution in [2.24, 2.45) is 0 Å². The third kappa shape index (κ3) is 3.64. The van der Waals surface area contributed by atoms with Gasteiger partial charge in [-0.05, 0) is 74.2 Å². The first-order valence-corrected chi connectivity index (χ1v) is 9.44. The molecule has 0 fully saturated rings. The molecule has 0 saturated carbocycles. The Morgan fingerprint density at radius 3 is 2.52 bits per heavy atom. The second kappa shape index (κ2) is 7.04. The Morgan fingerprint density at radius 1 is 1.08 bits per heavy atom. The third-order valence-corrected chi connectivity index (χ3v) is 5.89. The molecule has 2 aromatic carbocycles. The average molecular weight is 353 g/mol. The number of hydrogen-bond donors (Lipinski definition) is 0. The van der Waals surface area contributed by atoms with E-state index in [4.69, 9.17) is 0 Å². The van der Waals surface area contributed by atoms with Gasteiger partial charge in [0, 0.05) is 29.6 Å². The van der Waals surface area contributed by atoms with Gasteiger partial charge < -0.3 is 4.90 Å². The number of thioether (sulfide) groups is 1. The van der Waals surface area contributed by atoms with Gasteiger partial charge in [-0.2, -0.15) is 0 Å². The standard InChI is InChI=1S/C21H23NO2S/c1-13-5-7-19(11-14(13)2)25-15(3)21(24)18-6-8-20-17(12-18)9-10-22(20)16(4)23/h5-8,11-12,15H,9-10H2,1-4H3/t15-/m0/s1. The molecule has 3 rings (SSSR count). The average Bonchev–Trinajstić information content (AvgIpc) is 3.00. The van der Waals surface area contributed by atoms with Crippen molar-refractivity contribution < 1.29 is 9.59 Å². The van der Waals surface area contributed by atoms with Crippen LogP contribution in [0.5, 0.6) is 0 Å². The molecule has 0 bridgehead atoms. The number of fused-ring (bicyclic) bond motifs is 1. The van der Waals surface area contributed by atoms with Gasteiger partial charge in [-0.1, -0.05) is 6.07 Å². The summed E-state index contributed by atoms with van der Waals surface area (Å²) in [6, 6.07) is 12.0. The van der Waals surface area contributed by atoms with Gasteiger partial charge in [0.15, 0.2) is 5.78 Å². The highest BCUT2D eigenvalue weighted by Crippen LogP contribution is 2.31. The van der Waals surface area contributed by atoms with Gasteiger partial charge in [0.2, 0.25) is 5.91 Å². The van der Waals surface area contributed by atoms with E-state index in [-0.39, 0.29) is 16.9 Å². The number of rotatable bonds is 4. The number of anilines is 1. The lowest BCUT2D eigenvalue weighted by Crippen LogP contribution is -2.25. The molecule has 4 heteroatoms. The van der Waals surface area contributed by atoms with E-state index in [0.717, 1.165) is 28.1 Å². The fourth-order valence-electron chi connectivity index (χ4n) is 3.16. The molecule has 0 aromatic heterocycles. The van der Waals surface area contributed by atoms with Gasteiger partial charge in [-0.25, -0.2) is 0 Å². The van der Waals surface area contributed by atoms with Crippen LogP contribution in [0.4, 0.5) is 5.69 Å². The Labute approximate surface area is 153 Å². The highest BCUT2D eigenvalue weighted by Gasteiger charge is 2.24. The molecule has 0 unspecified atom stereocenters. The molecule has 0 radical (unpaired) electrons. The van der Waals surface area contributed by atoms with Crippen molar-refractivity contribution in [3.05, 3.63) is 58.7 Å². The summed E-state index contributed by atoms with van der Waals surface area (Å²) in [6.07, 6.45) is 0.814. The van der Waals surface area contributed by atoms with E-state index in [0.29, 0.717) is 6.54 Å². The molecule has 1 amide bonds. The normalized spacial score (nSPS) is 14.3. The zero-order valence-electron chi connectivity index (χ0n) is 15.1. The van der Waals surface area contributed by atoms with E-state index < -0.39 is 0 Å². The van der Waals surface area contributed by atoms with Crippen LogP contribution in [0.1, 0.15) is 40.9 Å². The Balaban J connectivity index is 1.76. The molecule has 2 aromatic rings. The summed E-state index contributed by atoms with van der Waals surface area (Å²) in [5.74, 6) is 0.184. The van der Waals surface area contributed by atoms with Crippen LogP contribution in [0.15, 0.2) is 41.3 Å². The zero-order valence-corrected chi connectivity index (χ0v) is 15.9. The summed E-state index contributed by atoms with van der Waals surface area (Å²) in [7, 11) is 0. The molecule has 0 saturated heterocycles. The number of carbonyl (C=O) groups is 2. The van der Waals surface area contributed by atoms with Gasteiger partial charge in [-0.15, -0.1) is 11.8 Å². The molecule has 25 heavy (non-hydrogen) atoms. The summed E-state index contributed by atoms with van der Waals surface area (Å²) in [5, 5.41) is -0.148. The second-order valence-electron chi connectivity index (χ2n) is 6.63. The minimum absolute atomic E-state index is 0.0523. The molecule has 0 aliphatic carbocycles. The maximum absolute atomic E-state index is 12.8. The Hall–Kier alpha value is -2.07. The van der Waals surface area contributed by atoms with Gasteiger partial charge in [0.1, 0.15) is 0 Å². The smallest absolute Gasteiger partial charge is 0.223 e. The summed E-state index contributed by atoms with van der Waals surface area (Å²) < 4.78 is 0. The van der Waals surface area contributed by atoms with Crippen LogP contribution in [-0.4, -0.2) is 23.5 Å². The van der Waals surface area contributed by atoms with E-state index in [2.05, 4.69) is 32.0 Å². The molecule has 1 atom stereocenters. The van der Waals surface area contributed by atoms with Crippen molar-refractivity contribution in [3.8, 4) is 0 Å². The molecule has 1 aliphatic rings. The van der Waals surface area contributed by atoms with E-state index in [1.807, 2.05) is 25.1 Å². The first-order valence-electron chi connectivity index (χ1n) is 8.56. The van der Waals surface area contributed by atoms with Crippen LogP contribution < -0.4 is 4.90 Å². The fourth-order valence-corrected chi connectivity index (χ4v) is 4.20. The van der Waals surface area contributed by atoms with Crippen molar-refractivity contribution in [1.82, 2.24) is 0 Å². The lowest BCUT2D eigenvalue weighted by atomic mass is 10.0. The molecular formula is C21H23NO2S. The monoisotopic (exact) mass is 353 g/mol.